The van der Waals surface area contributed by atoms with Gasteiger partial charge in [0.15, 0.2) is 0 Å². The topological polar surface area (TPSA) is 42.1 Å². The van der Waals surface area contributed by atoms with Crippen LogP contribution in [0.3, 0.4) is 0 Å². The van der Waals surface area contributed by atoms with Gasteiger partial charge in [-0.05, 0) is 18.6 Å². The van der Waals surface area contributed by atoms with Crippen molar-refractivity contribution in [3.63, 3.8) is 0 Å². The van der Waals surface area contributed by atoms with Crippen LogP contribution in [0.15, 0.2) is 30.5 Å². The molecule has 0 fully saturated rings. The number of rotatable bonds is 6. The summed E-state index contributed by atoms with van der Waals surface area (Å²) in [5.74, 6) is 0.610. The van der Waals surface area contributed by atoms with Gasteiger partial charge in [-0.1, -0.05) is 38.3 Å². The third-order valence-electron chi connectivity index (χ3n) is 3.57. The zero-order chi connectivity index (χ0) is 13.7. The highest BCUT2D eigenvalue weighted by atomic mass is 15.1. The molecule has 0 radical (unpaired) electrons. The van der Waals surface area contributed by atoms with E-state index >= 15 is 0 Å². The van der Waals surface area contributed by atoms with E-state index in [2.05, 4.69) is 36.0 Å². The van der Waals surface area contributed by atoms with Gasteiger partial charge in [0, 0.05) is 36.2 Å². The number of nitrogen functional groups attached to an aromatic ring is 1. The van der Waals surface area contributed by atoms with E-state index in [1.807, 2.05) is 12.1 Å². The number of anilines is 2. The van der Waals surface area contributed by atoms with Gasteiger partial charge in [0.05, 0.1) is 0 Å². The summed E-state index contributed by atoms with van der Waals surface area (Å²) in [6.07, 6.45) is 6.92. The lowest BCUT2D eigenvalue weighted by atomic mass is 10.1. The maximum Gasteiger partial charge on any atom is 0.131 e. The summed E-state index contributed by atoms with van der Waals surface area (Å²) in [4.78, 5) is 6.47. The molecule has 0 aliphatic rings. The van der Waals surface area contributed by atoms with E-state index in [1.165, 1.54) is 36.8 Å². The number of hydrogen-bond donors (Lipinski definition) is 1. The minimum Gasteiger partial charge on any atom is -0.383 e. The molecule has 0 amide bonds. The Bertz CT molecular complexity index is 537. The molecule has 0 aliphatic carbocycles. The van der Waals surface area contributed by atoms with Crippen LogP contribution >= 0.6 is 0 Å². The molecule has 2 rings (SSSR count). The van der Waals surface area contributed by atoms with E-state index in [9.17, 15) is 0 Å². The Balaban J connectivity index is 2.17. The lowest BCUT2D eigenvalue weighted by Gasteiger charge is -2.21. The lowest BCUT2D eigenvalue weighted by Crippen LogP contribution is -2.18. The number of unbranched alkanes of at least 4 members (excludes halogenated alkanes) is 3. The van der Waals surface area contributed by atoms with Crippen LogP contribution in [0.4, 0.5) is 11.5 Å². The molecule has 0 saturated heterocycles. The van der Waals surface area contributed by atoms with Gasteiger partial charge in [-0.15, -0.1) is 0 Å². The Hall–Kier alpha value is -1.77. The second-order valence-electron chi connectivity index (χ2n) is 5.05. The quantitative estimate of drug-likeness (QED) is 0.800. The third-order valence-corrected chi connectivity index (χ3v) is 3.57. The molecule has 102 valence electrons. The van der Waals surface area contributed by atoms with Crippen LogP contribution in [0.1, 0.15) is 32.6 Å². The van der Waals surface area contributed by atoms with Crippen LogP contribution in [0.25, 0.3) is 10.8 Å². The van der Waals surface area contributed by atoms with Crippen LogP contribution in [-0.4, -0.2) is 18.6 Å². The first-order valence-electron chi connectivity index (χ1n) is 7.08. The number of pyridine rings is 1. The molecule has 0 spiro atoms. The van der Waals surface area contributed by atoms with Crippen molar-refractivity contribution in [1.82, 2.24) is 4.98 Å². The van der Waals surface area contributed by atoms with Crippen LogP contribution in [0, 0.1) is 0 Å². The predicted molar refractivity (Wildman–Crippen MR) is 83.6 cm³/mol. The van der Waals surface area contributed by atoms with Crippen molar-refractivity contribution in [1.29, 1.82) is 0 Å². The normalized spacial score (nSPS) is 10.8. The molecule has 3 nitrogen and oxygen atoms in total. The monoisotopic (exact) mass is 257 g/mol. The van der Waals surface area contributed by atoms with Gasteiger partial charge < -0.3 is 10.6 Å². The van der Waals surface area contributed by atoms with Gasteiger partial charge in [0.1, 0.15) is 5.82 Å². The van der Waals surface area contributed by atoms with Gasteiger partial charge in [0.25, 0.3) is 0 Å². The molecule has 0 bridgehead atoms. The lowest BCUT2D eigenvalue weighted by molar-refractivity contribution is 0.662. The molecule has 0 aliphatic heterocycles. The summed E-state index contributed by atoms with van der Waals surface area (Å²) in [6, 6.07) is 8.29. The number of benzene rings is 1. The highest BCUT2D eigenvalue weighted by molar-refractivity contribution is 5.99. The van der Waals surface area contributed by atoms with Crippen molar-refractivity contribution in [3.8, 4) is 0 Å². The maximum atomic E-state index is 5.94. The number of hydrogen-bond acceptors (Lipinski definition) is 3. The van der Waals surface area contributed by atoms with E-state index < -0.39 is 0 Å². The van der Waals surface area contributed by atoms with Gasteiger partial charge in [-0.3, -0.25) is 0 Å². The van der Waals surface area contributed by atoms with Gasteiger partial charge in [0.2, 0.25) is 0 Å². The van der Waals surface area contributed by atoms with Crippen molar-refractivity contribution < 1.29 is 0 Å². The van der Waals surface area contributed by atoms with E-state index in [4.69, 9.17) is 5.73 Å². The molecule has 1 aromatic carbocycles. The average molecular weight is 257 g/mol. The second-order valence-corrected chi connectivity index (χ2v) is 5.05. The summed E-state index contributed by atoms with van der Waals surface area (Å²) in [7, 11) is 2.15. The highest BCUT2D eigenvalue weighted by Gasteiger charge is 2.07. The highest BCUT2D eigenvalue weighted by Crippen LogP contribution is 2.28. The molecule has 2 N–H and O–H groups in total. The fraction of sp³-hybridized carbons (Fsp3) is 0.438. The molecule has 1 heterocycles. The SMILES string of the molecule is CCCCCCN(C)c1cccc2c(N)nccc12. The Morgan fingerprint density at radius 2 is 1.95 bits per heavy atom. The van der Waals surface area contributed by atoms with Gasteiger partial charge in [-0.25, -0.2) is 4.98 Å². The molecule has 3 heteroatoms. The third kappa shape index (κ3) is 3.16. The van der Waals surface area contributed by atoms with Gasteiger partial charge in [-0.2, -0.15) is 0 Å². The first-order valence-corrected chi connectivity index (χ1v) is 7.08. The van der Waals surface area contributed by atoms with E-state index in [-0.39, 0.29) is 0 Å². The summed E-state index contributed by atoms with van der Waals surface area (Å²) in [6.45, 7) is 3.32. The molecule has 19 heavy (non-hydrogen) atoms. The Morgan fingerprint density at radius 3 is 2.74 bits per heavy atom. The van der Waals surface area contributed by atoms with Crippen molar-refractivity contribution >= 4 is 22.3 Å². The molecule has 0 unspecified atom stereocenters. The molecule has 0 atom stereocenters. The zero-order valence-corrected chi connectivity index (χ0v) is 11.9. The molecule has 1 aromatic heterocycles. The minimum absolute atomic E-state index is 0.610. The standard InChI is InChI=1S/C16H23N3/c1-3-4-5-6-12-19(2)15-9-7-8-14-13(15)10-11-18-16(14)17/h7-11H,3-6,12H2,1-2H3,(H2,17,18). The number of nitrogens with two attached hydrogens (primary N) is 1. The minimum atomic E-state index is 0.610. The molecule has 0 saturated carbocycles. The van der Waals surface area contributed by atoms with Crippen LogP contribution in [-0.2, 0) is 0 Å². The zero-order valence-electron chi connectivity index (χ0n) is 11.9. The molecular weight excluding hydrogens is 234 g/mol. The Morgan fingerprint density at radius 1 is 1.11 bits per heavy atom. The van der Waals surface area contributed by atoms with Crippen LogP contribution < -0.4 is 10.6 Å². The molecular formula is C16H23N3. The number of fused-ring (bicyclic) bond motifs is 1. The Labute approximate surface area is 115 Å². The first kappa shape index (κ1) is 13.7. The van der Waals surface area contributed by atoms with E-state index in [0.29, 0.717) is 5.82 Å². The van der Waals surface area contributed by atoms with Crippen LogP contribution in [0.5, 0.6) is 0 Å². The van der Waals surface area contributed by atoms with Crippen molar-refractivity contribution in [3.05, 3.63) is 30.5 Å². The smallest absolute Gasteiger partial charge is 0.131 e. The van der Waals surface area contributed by atoms with Crippen molar-refractivity contribution in [2.45, 2.75) is 32.6 Å². The largest absolute Gasteiger partial charge is 0.383 e. The number of nitrogens with zero attached hydrogens (tertiary/aromatic N) is 2. The first-order chi connectivity index (χ1) is 9.24. The average Bonchev–Trinajstić information content (AvgIpc) is 2.43. The summed E-state index contributed by atoms with van der Waals surface area (Å²) >= 11 is 0. The predicted octanol–water partition coefficient (Wildman–Crippen LogP) is 3.83. The fourth-order valence-corrected chi connectivity index (χ4v) is 2.44. The van der Waals surface area contributed by atoms with Crippen molar-refractivity contribution in [2.75, 3.05) is 24.2 Å². The van der Waals surface area contributed by atoms with Crippen molar-refractivity contribution in [2.24, 2.45) is 0 Å². The summed E-state index contributed by atoms with van der Waals surface area (Å²) in [5.41, 5.74) is 7.17. The molecule has 2 aromatic rings. The summed E-state index contributed by atoms with van der Waals surface area (Å²) < 4.78 is 0. The van der Waals surface area contributed by atoms with E-state index in [0.717, 1.165) is 11.9 Å². The van der Waals surface area contributed by atoms with E-state index in [1.54, 1.807) is 6.20 Å². The summed E-state index contributed by atoms with van der Waals surface area (Å²) in [5, 5.41) is 2.23. The Kier molecular flexibility index (Phi) is 4.61. The second kappa shape index (κ2) is 6.41. The van der Waals surface area contributed by atoms with Gasteiger partial charge >= 0.3 is 0 Å². The maximum absolute atomic E-state index is 5.94. The fourth-order valence-electron chi connectivity index (χ4n) is 2.44. The van der Waals surface area contributed by atoms with Crippen LogP contribution in [0.2, 0.25) is 0 Å². The number of aromatic nitrogens is 1.